The molecule has 0 unspecified atom stereocenters. The van der Waals surface area contributed by atoms with Gasteiger partial charge in [-0.1, -0.05) is 40.2 Å². The van der Waals surface area contributed by atoms with E-state index in [0.717, 1.165) is 29.3 Å². The molecule has 0 heterocycles. The van der Waals surface area contributed by atoms with E-state index in [1.54, 1.807) is 12.1 Å². The van der Waals surface area contributed by atoms with Crippen LogP contribution in [0.25, 0.3) is 0 Å². The van der Waals surface area contributed by atoms with Crippen LogP contribution in [-0.4, -0.2) is 12.6 Å². The van der Waals surface area contributed by atoms with E-state index in [0.29, 0.717) is 12.2 Å². The second kappa shape index (κ2) is 7.28. The minimum atomic E-state index is -0.248. The lowest BCUT2D eigenvalue weighted by atomic mass is 10.1. The van der Waals surface area contributed by atoms with E-state index in [2.05, 4.69) is 22.5 Å². The normalized spacial score (nSPS) is 10.0. The summed E-state index contributed by atoms with van der Waals surface area (Å²) in [6.07, 6.45) is 2.76. The van der Waals surface area contributed by atoms with Crippen molar-refractivity contribution in [3.8, 4) is 0 Å². The van der Waals surface area contributed by atoms with Crippen LogP contribution in [0.5, 0.6) is 0 Å². The van der Waals surface area contributed by atoms with E-state index in [1.807, 2.05) is 19.1 Å². The number of ether oxygens (including phenoxy) is 1. The average molecular weight is 297 g/mol. The molecule has 0 amide bonds. The summed E-state index contributed by atoms with van der Waals surface area (Å²) in [6.45, 7) is 6.21. The standard InChI is InChI=1S/C14H17BrO2/c1-11-6-8-13(9-7-11)14(16)17-10-4-3-5-12(2)15/h6-9H,2-5,10H2,1H3. The Hall–Kier alpha value is -1.09. The van der Waals surface area contributed by atoms with Crippen molar-refractivity contribution in [3.63, 3.8) is 0 Å². The first kappa shape index (κ1) is 14.0. The lowest BCUT2D eigenvalue weighted by Crippen LogP contribution is -2.06. The molecule has 0 aliphatic rings. The van der Waals surface area contributed by atoms with Gasteiger partial charge in [-0.25, -0.2) is 4.79 Å². The first-order valence-electron chi connectivity index (χ1n) is 5.66. The van der Waals surface area contributed by atoms with E-state index in [-0.39, 0.29) is 5.97 Å². The highest BCUT2D eigenvalue weighted by Gasteiger charge is 2.05. The molecule has 0 aliphatic heterocycles. The van der Waals surface area contributed by atoms with Gasteiger partial charge in [0.15, 0.2) is 0 Å². The Morgan fingerprint density at radius 1 is 1.29 bits per heavy atom. The van der Waals surface area contributed by atoms with Crippen molar-refractivity contribution in [1.82, 2.24) is 0 Å². The molecule has 92 valence electrons. The molecule has 1 rings (SSSR count). The summed E-state index contributed by atoms with van der Waals surface area (Å²) in [6, 6.07) is 7.40. The summed E-state index contributed by atoms with van der Waals surface area (Å²) in [7, 11) is 0. The third-order valence-electron chi connectivity index (χ3n) is 2.36. The van der Waals surface area contributed by atoms with E-state index < -0.39 is 0 Å². The molecule has 0 N–H and O–H groups in total. The van der Waals surface area contributed by atoms with Crippen molar-refractivity contribution < 1.29 is 9.53 Å². The molecule has 3 heteroatoms. The fraction of sp³-hybridized carbons (Fsp3) is 0.357. The zero-order chi connectivity index (χ0) is 12.7. The van der Waals surface area contributed by atoms with Gasteiger partial charge in [0.1, 0.15) is 0 Å². The smallest absolute Gasteiger partial charge is 0.338 e. The monoisotopic (exact) mass is 296 g/mol. The number of carbonyl (C=O) groups excluding carboxylic acids is 1. The molecular formula is C14H17BrO2. The number of rotatable bonds is 6. The van der Waals surface area contributed by atoms with Gasteiger partial charge in [-0.05, 0) is 42.8 Å². The Balaban J connectivity index is 2.25. The van der Waals surface area contributed by atoms with Crippen molar-refractivity contribution in [2.24, 2.45) is 0 Å². The SMILES string of the molecule is C=C(Br)CCCCOC(=O)c1ccc(C)cc1. The zero-order valence-electron chi connectivity index (χ0n) is 10.0. The number of unbranched alkanes of at least 4 members (excludes halogenated alkanes) is 1. The molecule has 0 saturated carbocycles. The van der Waals surface area contributed by atoms with Gasteiger partial charge < -0.3 is 4.74 Å². The Morgan fingerprint density at radius 2 is 1.94 bits per heavy atom. The fourth-order valence-corrected chi connectivity index (χ4v) is 1.64. The Bertz CT molecular complexity index is 382. The van der Waals surface area contributed by atoms with Gasteiger partial charge in [-0.15, -0.1) is 0 Å². The van der Waals surface area contributed by atoms with Crippen LogP contribution in [0.1, 0.15) is 35.2 Å². The molecule has 2 nitrogen and oxygen atoms in total. The molecule has 17 heavy (non-hydrogen) atoms. The first-order valence-corrected chi connectivity index (χ1v) is 6.46. The molecule has 1 aromatic carbocycles. The lowest BCUT2D eigenvalue weighted by Gasteiger charge is -2.04. The highest BCUT2D eigenvalue weighted by atomic mass is 79.9. The molecule has 0 fully saturated rings. The van der Waals surface area contributed by atoms with Crippen LogP contribution in [0, 0.1) is 6.92 Å². The van der Waals surface area contributed by atoms with Crippen LogP contribution in [0.3, 0.4) is 0 Å². The summed E-state index contributed by atoms with van der Waals surface area (Å²) in [4.78, 5) is 11.6. The van der Waals surface area contributed by atoms with Crippen LogP contribution in [0.4, 0.5) is 0 Å². The van der Waals surface area contributed by atoms with E-state index >= 15 is 0 Å². The van der Waals surface area contributed by atoms with Crippen molar-refractivity contribution in [2.45, 2.75) is 26.2 Å². The summed E-state index contributed by atoms with van der Waals surface area (Å²) < 4.78 is 6.15. The third kappa shape index (κ3) is 5.68. The number of aryl methyl sites for hydroxylation is 1. The number of esters is 1. The average Bonchev–Trinajstić information content (AvgIpc) is 2.29. The van der Waals surface area contributed by atoms with E-state index in [9.17, 15) is 4.79 Å². The van der Waals surface area contributed by atoms with Gasteiger partial charge in [0.05, 0.1) is 12.2 Å². The van der Waals surface area contributed by atoms with Crippen molar-refractivity contribution in [2.75, 3.05) is 6.61 Å². The molecule has 1 aromatic rings. The maximum Gasteiger partial charge on any atom is 0.338 e. The Labute approximate surface area is 111 Å². The highest BCUT2D eigenvalue weighted by Crippen LogP contribution is 2.11. The third-order valence-corrected chi connectivity index (χ3v) is 2.76. The van der Waals surface area contributed by atoms with Crippen LogP contribution >= 0.6 is 15.9 Å². The van der Waals surface area contributed by atoms with Crippen LogP contribution in [-0.2, 0) is 4.74 Å². The van der Waals surface area contributed by atoms with Crippen LogP contribution < -0.4 is 0 Å². The van der Waals surface area contributed by atoms with Crippen molar-refractivity contribution >= 4 is 21.9 Å². The summed E-state index contributed by atoms with van der Waals surface area (Å²) in [5, 5.41) is 0. The predicted octanol–water partition coefficient (Wildman–Crippen LogP) is 4.23. The molecule has 0 bridgehead atoms. The number of hydrogen-bond donors (Lipinski definition) is 0. The molecular weight excluding hydrogens is 280 g/mol. The maximum absolute atomic E-state index is 11.6. The minimum absolute atomic E-state index is 0.248. The van der Waals surface area contributed by atoms with E-state index in [1.165, 1.54) is 0 Å². The number of benzene rings is 1. The van der Waals surface area contributed by atoms with Gasteiger partial charge in [-0.2, -0.15) is 0 Å². The zero-order valence-corrected chi connectivity index (χ0v) is 11.6. The summed E-state index contributed by atoms with van der Waals surface area (Å²) in [5.41, 5.74) is 1.75. The molecule has 0 aliphatic carbocycles. The fourth-order valence-electron chi connectivity index (χ4n) is 1.36. The van der Waals surface area contributed by atoms with Gasteiger partial charge in [0, 0.05) is 0 Å². The first-order chi connectivity index (χ1) is 8.09. The van der Waals surface area contributed by atoms with Gasteiger partial charge in [0.2, 0.25) is 0 Å². The summed E-state index contributed by atoms with van der Waals surface area (Å²) >= 11 is 3.30. The molecule has 0 saturated heterocycles. The van der Waals surface area contributed by atoms with Crippen molar-refractivity contribution in [1.29, 1.82) is 0 Å². The Morgan fingerprint density at radius 3 is 2.53 bits per heavy atom. The number of hydrogen-bond acceptors (Lipinski definition) is 2. The molecule has 0 atom stereocenters. The number of allylic oxidation sites excluding steroid dienone is 1. The minimum Gasteiger partial charge on any atom is -0.462 e. The molecule has 0 spiro atoms. The highest BCUT2D eigenvalue weighted by molar-refractivity contribution is 9.11. The molecule has 0 aromatic heterocycles. The summed E-state index contributed by atoms with van der Waals surface area (Å²) in [5.74, 6) is -0.248. The quantitative estimate of drug-likeness (QED) is 0.580. The van der Waals surface area contributed by atoms with Gasteiger partial charge >= 0.3 is 5.97 Å². The van der Waals surface area contributed by atoms with Crippen molar-refractivity contribution in [3.05, 3.63) is 46.5 Å². The lowest BCUT2D eigenvalue weighted by molar-refractivity contribution is 0.0498. The Kier molecular flexibility index (Phi) is 5.98. The van der Waals surface area contributed by atoms with Crippen LogP contribution in [0.2, 0.25) is 0 Å². The second-order valence-electron chi connectivity index (χ2n) is 3.98. The second-order valence-corrected chi connectivity index (χ2v) is 5.10. The number of halogens is 1. The van der Waals surface area contributed by atoms with Gasteiger partial charge in [-0.3, -0.25) is 0 Å². The van der Waals surface area contributed by atoms with Gasteiger partial charge in [0.25, 0.3) is 0 Å². The maximum atomic E-state index is 11.6. The number of carbonyl (C=O) groups is 1. The predicted molar refractivity (Wildman–Crippen MR) is 73.4 cm³/mol. The van der Waals surface area contributed by atoms with E-state index in [4.69, 9.17) is 4.74 Å². The molecule has 0 radical (unpaired) electrons. The topological polar surface area (TPSA) is 26.3 Å². The largest absolute Gasteiger partial charge is 0.462 e. The van der Waals surface area contributed by atoms with Crippen LogP contribution in [0.15, 0.2) is 35.3 Å².